The lowest BCUT2D eigenvalue weighted by atomic mass is 9.94. The molecule has 0 bridgehead atoms. The van der Waals surface area contributed by atoms with Crippen LogP contribution in [0.1, 0.15) is 50.4 Å². The molecule has 11 nitrogen and oxygen atoms in total. The number of fused-ring (bicyclic) bond motifs is 1. The largest absolute Gasteiger partial charge is 0.494 e. The van der Waals surface area contributed by atoms with Gasteiger partial charge in [-0.3, -0.25) is 4.98 Å². The van der Waals surface area contributed by atoms with Crippen molar-refractivity contribution in [1.29, 1.82) is 0 Å². The van der Waals surface area contributed by atoms with Gasteiger partial charge in [0.2, 0.25) is 5.96 Å². The molecule has 3 aliphatic rings. The Morgan fingerprint density at radius 1 is 1.17 bits per heavy atom. The molecule has 1 fully saturated rings. The quantitative estimate of drug-likeness (QED) is 0.150. The third kappa shape index (κ3) is 7.76. The number of methoxy groups -OCH3 is 1. The number of guanidine groups is 1. The number of rotatable bonds is 8. The van der Waals surface area contributed by atoms with Crippen LogP contribution in [0, 0.1) is 5.92 Å². The molecule has 3 heterocycles. The molecule has 2 aromatic rings. The Bertz CT molecular complexity index is 1670. The SMILES string of the molecule is CO/N=C(\C)c1cc(NC2=NCC(C)(Br)C(Nc3cnc4c(c3P(C)(C)=O)C=CC(C)C4)=N2)c(OC)cc1N1CCC(N(C)C)CC1. The summed E-state index contributed by atoms with van der Waals surface area (Å²) in [6, 6.07) is 4.65. The van der Waals surface area contributed by atoms with Gasteiger partial charge in [-0.2, -0.15) is 4.99 Å². The first kappa shape index (κ1) is 35.1. The molecule has 47 heavy (non-hydrogen) atoms. The number of benzene rings is 1. The molecule has 0 amide bonds. The fourth-order valence-corrected chi connectivity index (χ4v) is 8.21. The Labute approximate surface area is 287 Å². The lowest BCUT2D eigenvalue weighted by Gasteiger charge is -2.37. The zero-order valence-electron chi connectivity index (χ0n) is 29.0. The van der Waals surface area contributed by atoms with E-state index in [9.17, 15) is 4.57 Å². The molecule has 2 N–H and O–H groups in total. The summed E-state index contributed by atoms with van der Waals surface area (Å²) in [6.45, 7) is 12.0. The number of allylic oxidation sites excluding steroid dienone is 1. The number of ether oxygens (including phenoxy) is 1. The predicted molar refractivity (Wildman–Crippen MR) is 201 cm³/mol. The highest BCUT2D eigenvalue weighted by molar-refractivity contribution is 9.10. The average Bonchev–Trinajstić information content (AvgIpc) is 3.02. The second kappa shape index (κ2) is 14.1. The number of halogens is 1. The van der Waals surface area contributed by atoms with E-state index in [1.165, 1.54) is 0 Å². The van der Waals surface area contributed by atoms with Crippen LogP contribution < -0.4 is 25.6 Å². The molecule has 1 aromatic carbocycles. The van der Waals surface area contributed by atoms with Crippen molar-refractivity contribution < 1.29 is 14.1 Å². The molecule has 13 heteroatoms. The third-order valence-electron chi connectivity index (χ3n) is 9.02. The van der Waals surface area contributed by atoms with E-state index in [4.69, 9.17) is 24.5 Å². The van der Waals surface area contributed by atoms with Crippen LogP contribution in [0.25, 0.3) is 6.08 Å². The summed E-state index contributed by atoms with van der Waals surface area (Å²) < 4.78 is 19.0. The van der Waals surface area contributed by atoms with Crippen LogP contribution in [0.4, 0.5) is 17.1 Å². The van der Waals surface area contributed by atoms with Gasteiger partial charge in [-0.1, -0.05) is 40.2 Å². The Kier molecular flexibility index (Phi) is 10.5. The van der Waals surface area contributed by atoms with Crippen LogP contribution in [0.15, 0.2) is 39.5 Å². The van der Waals surface area contributed by atoms with E-state index in [2.05, 4.69) is 80.8 Å². The van der Waals surface area contributed by atoms with Crippen molar-refractivity contribution >= 4 is 69.0 Å². The number of amidine groups is 1. The molecule has 1 aromatic heterocycles. The van der Waals surface area contributed by atoms with Gasteiger partial charge >= 0.3 is 0 Å². The second-order valence-electron chi connectivity index (χ2n) is 13.4. The number of aromatic nitrogens is 1. The van der Waals surface area contributed by atoms with Crippen molar-refractivity contribution in [3.63, 3.8) is 0 Å². The Morgan fingerprint density at radius 3 is 2.53 bits per heavy atom. The fourth-order valence-electron chi connectivity index (χ4n) is 6.42. The van der Waals surface area contributed by atoms with Crippen LogP contribution in [-0.2, 0) is 15.8 Å². The van der Waals surface area contributed by atoms with Gasteiger partial charge < -0.3 is 34.6 Å². The minimum absolute atomic E-state index is 0.388. The molecule has 2 aliphatic heterocycles. The number of aliphatic imine (C=N–C) groups is 2. The Hall–Kier alpha value is -3.21. The monoisotopic (exact) mass is 726 g/mol. The molecule has 2 atom stereocenters. The molecule has 0 spiro atoms. The number of nitrogens with one attached hydrogen (secondary N) is 2. The van der Waals surface area contributed by atoms with E-state index < -0.39 is 11.5 Å². The summed E-state index contributed by atoms with van der Waals surface area (Å²) in [4.78, 5) is 24.4. The summed E-state index contributed by atoms with van der Waals surface area (Å²) in [5, 5.41) is 12.0. The third-order valence-corrected chi connectivity index (χ3v) is 11.2. The first-order valence-electron chi connectivity index (χ1n) is 16.1. The van der Waals surface area contributed by atoms with Crippen molar-refractivity contribution in [2.24, 2.45) is 21.1 Å². The summed E-state index contributed by atoms with van der Waals surface area (Å²) in [6.07, 6.45) is 8.98. The van der Waals surface area contributed by atoms with E-state index >= 15 is 0 Å². The molecule has 0 saturated carbocycles. The minimum Gasteiger partial charge on any atom is -0.494 e. The molecule has 5 rings (SSSR count). The number of hydrogen-bond donors (Lipinski definition) is 2. The fraction of sp³-hybridized carbons (Fsp3) is 0.529. The predicted octanol–water partition coefficient (Wildman–Crippen LogP) is 5.89. The van der Waals surface area contributed by atoms with Gasteiger partial charge in [0.25, 0.3) is 0 Å². The van der Waals surface area contributed by atoms with Crippen LogP contribution in [0.5, 0.6) is 5.75 Å². The van der Waals surface area contributed by atoms with Gasteiger partial charge in [-0.05, 0) is 72.5 Å². The lowest BCUT2D eigenvalue weighted by Crippen LogP contribution is -2.43. The van der Waals surface area contributed by atoms with Crippen LogP contribution in [0.2, 0.25) is 0 Å². The van der Waals surface area contributed by atoms with Crippen LogP contribution in [-0.4, -0.2) is 99.0 Å². The van der Waals surface area contributed by atoms with Crippen molar-refractivity contribution in [2.45, 2.75) is 50.4 Å². The molecule has 0 radical (unpaired) electrons. The van der Waals surface area contributed by atoms with Crippen molar-refractivity contribution in [2.75, 3.05) is 76.8 Å². The number of piperidine rings is 1. The summed E-state index contributed by atoms with van der Waals surface area (Å²) >= 11 is 3.84. The number of alkyl halides is 1. The topological polar surface area (TPSA) is 116 Å². The van der Waals surface area contributed by atoms with Crippen molar-refractivity contribution in [3.8, 4) is 5.75 Å². The van der Waals surface area contributed by atoms with Gasteiger partial charge in [0.15, 0.2) is 0 Å². The van der Waals surface area contributed by atoms with Crippen molar-refractivity contribution in [1.82, 2.24) is 9.88 Å². The maximum absolute atomic E-state index is 13.7. The highest BCUT2D eigenvalue weighted by atomic mass is 79.9. The van der Waals surface area contributed by atoms with E-state index in [-0.39, 0.29) is 0 Å². The molecular weight excluding hydrogens is 679 g/mol. The van der Waals surface area contributed by atoms with Crippen LogP contribution in [0.3, 0.4) is 0 Å². The van der Waals surface area contributed by atoms with Crippen molar-refractivity contribution in [3.05, 3.63) is 41.2 Å². The maximum atomic E-state index is 13.7. The number of oxime groups is 1. The van der Waals surface area contributed by atoms with Crippen LogP contribution >= 0.6 is 23.1 Å². The molecule has 1 aliphatic carbocycles. The minimum atomic E-state index is -2.69. The maximum Gasteiger partial charge on any atom is 0.224 e. The second-order valence-corrected chi connectivity index (χ2v) is 18.3. The smallest absolute Gasteiger partial charge is 0.224 e. The van der Waals surface area contributed by atoms with Gasteiger partial charge in [-0.25, -0.2) is 4.99 Å². The first-order chi connectivity index (χ1) is 22.2. The van der Waals surface area contributed by atoms with E-state index in [0.29, 0.717) is 47.4 Å². The first-order valence-corrected chi connectivity index (χ1v) is 19.4. The summed E-state index contributed by atoms with van der Waals surface area (Å²) in [5.41, 5.74) is 6.06. The molecule has 2 unspecified atom stereocenters. The number of anilines is 3. The summed E-state index contributed by atoms with van der Waals surface area (Å²) in [7, 11) is 4.83. The summed E-state index contributed by atoms with van der Waals surface area (Å²) in [5.74, 6) is 2.12. The number of pyridine rings is 1. The number of nitrogens with zero attached hydrogens (tertiary/aromatic N) is 6. The van der Waals surface area contributed by atoms with Gasteiger partial charge in [0.1, 0.15) is 30.2 Å². The van der Waals surface area contributed by atoms with E-state index in [0.717, 1.165) is 65.9 Å². The standard InChI is InChI=1S/C34H48BrN8O3P/c1-21-10-11-24-26(16-21)36-19-28(31(24)47(8,9)44)38-32-34(3,35)20-37-33(40-32)39-27-17-25(22(2)41-46-7)29(18-30(27)45-6)43-14-12-23(13-15-43)42(4)5/h10-11,17-19,21,23H,12-16,20H2,1-9H3,(H2,37,38,39,40)/b41-22+. The lowest BCUT2D eigenvalue weighted by molar-refractivity contribution is 0.213. The zero-order valence-corrected chi connectivity index (χ0v) is 31.5. The van der Waals surface area contributed by atoms with Gasteiger partial charge in [-0.15, -0.1) is 0 Å². The Balaban J connectivity index is 1.49. The average molecular weight is 728 g/mol. The normalized spacial score (nSPS) is 22.1. The zero-order chi connectivity index (χ0) is 34.1. The number of hydrogen-bond acceptors (Lipinski definition) is 11. The highest BCUT2D eigenvalue weighted by Crippen LogP contribution is 2.42. The van der Waals surface area contributed by atoms with Gasteiger partial charge in [0.05, 0.1) is 36.9 Å². The molecule has 1 saturated heterocycles. The Morgan fingerprint density at radius 2 is 1.89 bits per heavy atom. The van der Waals surface area contributed by atoms with E-state index in [1.54, 1.807) is 33.7 Å². The van der Waals surface area contributed by atoms with Gasteiger partial charge in [0, 0.05) is 53.0 Å². The highest BCUT2D eigenvalue weighted by Gasteiger charge is 2.34. The molecular formula is C34H48BrN8O3P. The molecule has 254 valence electrons. The van der Waals surface area contributed by atoms with E-state index in [1.807, 2.05) is 19.9 Å².